The highest BCUT2D eigenvalue weighted by Gasteiger charge is 2.26. The Morgan fingerprint density at radius 1 is 1.47 bits per heavy atom. The Kier molecular flexibility index (Phi) is 4.38. The van der Waals surface area contributed by atoms with E-state index < -0.39 is 10.0 Å². The van der Waals surface area contributed by atoms with Gasteiger partial charge in [-0.1, -0.05) is 11.6 Å². The van der Waals surface area contributed by atoms with E-state index in [1.54, 1.807) is 10.9 Å². The minimum atomic E-state index is -3.40. The average Bonchev–Trinajstić information content (AvgIpc) is 2.86. The first kappa shape index (κ1) is 14.2. The molecule has 7 heteroatoms. The quantitative estimate of drug-likeness (QED) is 0.797. The molecule has 0 aromatic carbocycles. The van der Waals surface area contributed by atoms with Crippen molar-refractivity contribution in [1.82, 2.24) is 19.4 Å². The smallest absolute Gasteiger partial charge is 0.246 e. The third-order valence-corrected chi connectivity index (χ3v) is 5.06. The normalized spacial score (nSPS) is 17.5. The van der Waals surface area contributed by atoms with E-state index in [1.807, 2.05) is 20.0 Å². The van der Waals surface area contributed by atoms with Crippen LogP contribution in [0.5, 0.6) is 0 Å². The van der Waals surface area contributed by atoms with Crippen molar-refractivity contribution in [1.29, 1.82) is 0 Å². The highest BCUT2D eigenvalue weighted by Crippen LogP contribution is 2.19. The lowest BCUT2D eigenvalue weighted by molar-refractivity contribution is 0.431. The van der Waals surface area contributed by atoms with Gasteiger partial charge in [0.25, 0.3) is 0 Å². The van der Waals surface area contributed by atoms with E-state index in [1.165, 1.54) is 16.1 Å². The Labute approximate surface area is 114 Å². The number of nitrogens with zero attached hydrogens (tertiary/aromatic N) is 3. The minimum Gasteiger partial charge on any atom is -0.318 e. The zero-order valence-corrected chi connectivity index (χ0v) is 12.2. The van der Waals surface area contributed by atoms with Gasteiger partial charge in [0, 0.05) is 25.8 Å². The molecule has 2 heterocycles. The summed E-state index contributed by atoms with van der Waals surface area (Å²) in [6.45, 7) is 4.44. The average molecular weight is 284 g/mol. The second kappa shape index (κ2) is 5.85. The van der Waals surface area contributed by atoms with Crippen LogP contribution in [0.25, 0.3) is 0 Å². The highest BCUT2D eigenvalue weighted by atomic mass is 32.2. The fourth-order valence-electron chi connectivity index (χ4n) is 1.95. The first-order valence-corrected chi connectivity index (χ1v) is 7.81. The van der Waals surface area contributed by atoms with Crippen LogP contribution in [0.1, 0.15) is 13.3 Å². The van der Waals surface area contributed by atoms with Crippen LogP contribution in [-0.2, 0) is 16.6 Å². The van der Waals surface area contributed by atoms with Gasteiger partial charge in [0.15, 0.2) is 0 Å². The van der Waals surface area contributed by atoms with Crippen LogP contribution in [0.3, 0.4) is 0 Å². The number of nitrogens with one attached hydrogen (secondary N) is 1. The number of rotatable bonds is 5. The largest absolute Gasteiger partial charge is 0.318 e. The highest BCUT2D eigenvalue weighted by molar-refractivity contribution is 7.89. The lowest BCUT2D eigenvalue weighted by Gasteiger charge is -2.23. The molecule has 0 saturated carbocycles. The summed E-state index contributed by atoms with van der Waals surface area (Å²) in [5.41, 5.74) is 1.25. The molecule has 106 valence electrons. The van der Waals surface area contributed by atoms with Crippen molar-refractivity contribution < 1.29 is 8.42 Å². The molecular weight excluding hydrogens is 264 g/mol. The zero-order valence-electron chi connectivity index (χ0n) is 11.3. The SMILES string of the molecule is CNCCn1cc(S(=O)(=O)N2CC=C(C)CC2)cn1. The maximum Gasteiger partial charge on any atom is 0.246 e. The number of aromatic nitrogens is 2. The number of hydrogen-bond donors (Lipinski definition) is 1. The maximum absolute atomic E-state index is 12.4. The Hall–Kier alpha value is -1.18. The molecule has 0 atom stereocenters. The van der Waals surface area contributed by atoms with Gasteiger partial charge in [-0.2, -0.15) is 9.40 Å². The number of hydrogen-bond acceptors (Lipinski definition) is 4. The second-order valence-electron chi connectivity index (χ2n) is 4.71. The van der Waals surface area contributed by atoms with Crippen LogP contribution in [0.4, 0.5) is 0 Å². The summed E-state index contributed by atoms with van der Waals surface area (Å²) in [4.78, 5) is 0.275. The van der Waals surface area contributed by atoms with Crippen LogP contribution < -0.4 is 5.32 Å². The van der Waals surface area contributed by atoms with Crippen molar-refractivity contribution in [2.75, 3.05) is 26.7 Å². The summed E-state index contributed by atoms with van der Waals surface area (Å²) in [5, 5.41) is 7.09. The molecule has 1 aromatic rings. The molecule has 1 N–H and O–H groups in total. The number of sulfonamides is 1. The van der Waals surface area contributed by atoms with Gasteiger partial charge in [-0.15, -0.1) is 0 Å². The van der Waals surface area contributed by atoms with Crippen molar-refractivity contribution in [3.05, 3.63) is 24.0 Å². The molecule has 1 aliphatic heterocycles. The molecule has 2 rings (SSSR count). The summed E-state index contributed by atoms with van der Waals surface area (Å²) >= 11 is 0. The van der Waals surface area contributed by atoms with Gasteiger partial charge in [-0.05, 0) is 20.4 Å². The fraction of sp³-hybridized carbons (Fsp3) is 0.583. The van der Waals surface area contributed by atoms with Crippen LogP contribution in [0.15, 0.2) is 28.9 Å². The van der Waals surface area contributed by atoms with E-state index in [9.17, 15) is 8.42 Å². The van der Waals surface area contributed by atoms with E-state index >= 15 is 0 Å². The maximum atomic E-state index is 12.4. The van der Waals surface area contributed by atoms with Crippen molar-refractivity contribution in [2.24, 2.45) is 0 Å². The van der Waals surface area contributed by atoms with Gasteiger partial charge in [0.2, 0.25) is 10.0 Å². The molecule has 19 heavy (non-hydrogen) atoms. The predicted octanol–water partition coefficient (Wildman–Crippen LogP) is 0.443. The van der Waals surface area contributed by atoms with Crippen molar-refractivity contribution in [2.45, 2.75) is 24.8 Å². The summed E-state index contributed by atoms with van der Waals surface area (Å²) in [6.07, 6.45) is 5.79. The third-order valence-electron chi connectivity index (χ3n) is 3.24. The van der Waals surface area contributed by atoms with Gasteiger partial charge in [0.05, 0.1) is 12.7 Å². The fourth-order valence-corrected chi connectivity index (χ4v) is 3.28. The topological polar surface area (TPSA) is 67.2 Å². The Morgan fingerprint density at radius 3 is 2.89 bits per heavy atom. The molecule has 0 bridgehead atoms. The zero-order chi connectivity index (χ0) is 13.9. The first-order chi connectivity index (χ1) is 9.04. The van der Waals surface area contributed by atoms with Crippen LogP contribution in [0.2, 0.25) is 0 Å². The Bertz CT molecular complexity index is 562. The molecule has 0 aliphatic carbocycles. The molecule has 1 aliphatic rings. The van der Waals surface area contributed by atoms with Gasteiger partial charge in [-0.25, -0.2) is 8.42 Å². The molecule has 0 fully saturated rings. The van der Waals surface area contributed by atoms with Crippen LogP contribution in [-0.4, -0.2) is 49.2 Å². The molecule has 0 radical (unpaired) electrons. The summed E-state index contributed by atoms with van der Waals surface area (Å²) in [5.74, 6) is 0. The van der Waals surface area contributed by atoms with Gasteiger partial charge in [-0.3, -0.25) is 4.68 Å². The standard InChI is InChI=1S/C12H20N4O2S/c1-11-3-6-16(7-4-11)19(17,18)12-9-14-15(10-12)8-5-13-2/h3,9-10,13H,4-8H2,1-2H3. The lowest BCUT2D eigenvalue weighted by atomic mass is 10.1. The predicted molar refractivity (Wildman–Crippen MR) is 73.3 cm³/mol. The van der Waals surface area contributed by atoms with E-state index in [-0.39, 0.29) is 4.90 Å². The Balaban J connectivity index is 2.13. The summed E-state index contributed by atoms with van der Waals surface area (Å²) in [6, 6.07) is 0. The van der Waals surface area contributed by atoms with E-state index in [4.69, 9.17) is 0 Å². The van der Waals surface area contributed by atoms with Crippen LogP contribution >= 0.6 is 0 Å². The lowest BCUT2D eigenvalue weighted by Crippen LogP contribution is -2.34. The third kappa shape index (κ3) is 3.23. The van der Waals surface area contributed by atoms with Crippen LogP contribution in [0, 0.1) is 0 Å². The molecule has 0 spiro atoms. The van der Waals surface area contributed by atoms with E-state index in [2.05, 4.69) is 10.4 Å². The molecule has 0 saturated heterocycles. The molecule has 0 unspecified atom stereocenters. The molecule has 6 nitrogen and oxygen atoms in total. The number of likely N-dealkylation sites (N-methyl/N-ethyl adjacent to an activating group) is 1. The molecular formula is C12H20N4O2S. The molecule has 1 aromatic heterocycles. The first-order valence-electron chi connectivity index (χ1n) is 6.37. The van der Waals surface area contributed by atoms with Crippen molar-refractivity contribution in [3.63, 3.8) is 0 Å². The van der Waals surface area contributed by atoms with Gasteiger partial charge >= 0.3 is 0 Å². The van der Waals surface area contributed by atoms with Gasteiger partial charge < -0.3 is 5.32 Å². The second-order valence-corrected chi connectivity index (χ2v) is 6.64. The summed E-state index contributed by atoms with van der Waals surface area (Å²) < 4.78 is 28.0. The molecule has 0 amide bonds. The minimum absolute atomic E-state index is 0.275. The van der Waals surface area contributed by atoms with E-state index in [0.717, 1.165) is 13.0 Å². The monoisotopic (exact) mass is 284 g/mol. The van der Waals surface area contributed by atoms with Gasteiger partial charge in [0.1, 0.15) is 4.90 Å². The van der Waals surface area contributed by atoms with Crippen molar-refractivity contribution >= 4 is 10.0 Å². The van der Waals surface area contributed by atoms with E-state index in [0.29, 0.717) is 19.6 Å². The Morgan fingerprint density at radius 2 is 2.26 bits per heavy atom. The van der Waals surface area contributed by atoms with Crippen molar-refractivity contribution in [3.8, 4) is 0 Å². The summed E-state index contributed by atoms with van der Waals surface area (Å²) in [7, 11) is -1.55.